The molecule has 2 aromatic rings. The standard InChI is InChI=1S/C10H11N3O3/c14-6-8(7-4-2-1-3-5-7)13-9(15)11-12-10(13)16/h1-5,8,14H,6H2,(H,11,15)(H,12,16)/t8-/m1/s1. The van der Waals surface area contributed by atoms with Crippen LogP contribution < -0.4 is 11.4 Å². The number of nitrogens with one attached hydrogen (secondary N) is 2. The van der Waals surface area contributed by atoms with Crippen LogP contribution in [0, 0.1) is 0 Å². The Kier molecular flexibility index (Phi) is 2.74. The zero-order valence-electron chi connectivity index (χ0n) is 8.38. The van der Waals surface area contributed by atoms with Crippen molar-refractivity contribution < 1.29 is 5.11 Å². The van der Waals surface area contributed by atoms with Gasteiger partial charge in [0.15, 0.2) is 0 Å². The molecular formula is C10H11N3O3. The predicted molar refractivity (Wildman–Crippen MR) is 57.3 cm³/mol. The Labute approximate surface area is 90.2 Å². The van der Waals surface area contributed by atoms with Crippen LogP contribution in [0.4, 0.5) is 0 Å². The molecule has 0 spiro atoms. The Morgan fingerprint density at radius 1 is 1.12 bits per heavy atom. The van der Waals surface area contributed by atoms with Crippen molar-refractivity contribution in [2.45, 2.75) is 6.04 Å². The van der Waals surface area contributed by atoms with Gasteiger partial charge in [-0.2, -0.15) is 0 Å². The van der Waals surface area contributed by atoms with E-state index in [2.05, 4.69) is 10.2 Å². The smallest absolute Gasteiger partial charge is 0.344 e. The molecular weight excluding hydrogens is 210 g/mol. The second-order valence-corrected chi connectivity index (χ2v) is 3.34. The zero-order chi connectivity index (χ0) is 11.5. The highest BCUT2D eigenvalue weighted by molar-refractivity contribution is 5.19. The third kappa shape index (κ3) is 1.70. The highest BCUT2D eigenvalue weighted by Crippen LogP contribution is 2.13. The van der Waals surface area contributed by atoms with E-state index in [0.717, 1.165) is 4.57 Å². The first kappa shape index (κ1) is 10.4. The fraction of sp³-hybridized carbons (Fsp3) is 0.200. The monoisotopic (exact) mass is 221 g/mol. The highest BCUT2D eigenvalue weighted by atomic mass is 16.3. The van der Waals surface area contributed by atoms with Gasteiger partial charge in [-0.1, -0.05) is 30.3 Å². The van der Waals surface area contributed by atoms with Crippen LogP contribution in [0.1, 0.15) is 11.6 Å². The van der Waals surface area contributed by atoms with Crippen LogP contribution in [0.15, 0.2) is 39.9 Å². The quantitative estimate of drug-likeness (QED) is 0.649. The summed E-state index contributed by atoms with van der Waals surface area (Å²) in [5, 5.41) is 13.6. The van der Waals surface area contributed by atoms with Crippen LogP contribution in [0.2, 0.25) is 0 Å². The second-order valence-electron chi connectivity index (χ2n) is 3.34. The van der Waals surface area contributed by atoms with Gasteiger partial charge in [-0.3, -0.25) is 0 Å². The number of aromatic nitrogens is 3. The molecule has 0 aliphatic carbocycles. The van der Waals surface area contributed by atoms with E-state index in [0.29, 0.717) is 5.56 Å². The molecule has 0 amide bonds. The van der Waals surface area contributed by atoms with Crippen molar-refractivity contribution in [3.8, 4) is 0 Å². The Balaban J connectivity index is 2.53. The molecule has 1 heterocycles. The summed E-state index contributed by atoms with van der Waals surface area (Å²) in [6, 6.07) is 8.22. The van der Waals surface area contributed by atoms with Gasteiger partial charge in [0.05, 0.1) is 12.6 Å². The number of nitrogens with zero attached hydrogens (tertiary/aromatic N) is 1. The van der Waals surface area contributed by atoms with Crippen LogP contribution in [0.25, 0.3) is 0 Å². The minimum Gasteiger partial charge on any atom is -0.394 e. The lowest BCUT2D eigenvalue weighted by molar-refractivity contribution is 0.245. The van der Waals surface area contributed by atoms with Crippen molar-refractivity contribution in [1.82, 2.24) is 14.8 Å². The van der Waals surface area contributed by atoms with Gasteiger partial charge in [-0.15, -0.1) is 0 Å². The van der Waals surface area contributed by atoms with E-state index in [1.54, 1.807) is 24.3 Å². The molecule has 0 radical (unpaired) electrons. The summed E-state index contributed by atoms with van der Waals surface area (Å²) >= 11 is 0. The molecule has 0 aliphatic heterocycles. The average Bonchev–Trinajstić information content (AvgIpc) is 2.63. The molecule has 6 nitrogen and oxygen atoms in total. The normalized spacial score (nSPS) is 12.6. The molecule has 1 atom stereocenters. The van der Waals surface area contributed by atoms with Crippen molar-refractivity contribution in [2.75, 3.05) is 6.61 Å². The zero-order valence-corrected chi connectivity index (χ0v) is 8.38. The maximum absolute atomic E-state index is 11.4. The summed E-state index contributed by atoms with van der Waals surface area (Å²) in [7, 11) is 0. The van der Waals surface area contributed by atoms with Gasteiger partial charge >= 0.3 is 11.4 Å². The lowest BCUT2D eigenvalue weighted by Gasteiger charge is -2.13. The third-order valence-corrected chi connectivity index (χ3v) is 2.38. The molecule has 6 heteroatoms. The fourth-order valence-corrected chi connectivity index (χ4v) is 1.61. The van der Waals surface area contributed by atoms with Gasteiger partial charge in [-0.25, -0.2) is 24.4 Å². The predicted octanol–water partition coefficient (Wildman–Crippen LogP) is -0.554. The summed E-state index contributed by atoms with van der Waals surface area (Å²) in [4.78, 5) is 22.8. The van der Waals surface area contributed by atoms with E-state index in [9.17, 15) is 14.7 Å². The summed E-state index contributed by atoms with van der Waals surface area (Å²) in [6.07, 6.45) is 0. The van der Waals surface area contributed by atoms with Crippen molar-refractivity contribution >= 4 is 0 Å². The van der Waals surface area contributed by atoms with Crippen LogP contribution >= 0.6 is 0 Å². The van der Waals surface area contributed by atoms with Crippen molar-refractivity contribution in [3.05, 3.63) is 56.9 Å². The Morgan fingerprint density at radius 2 is 1.69 bits per heavy atom. The summed E-state index contributed by atoms with van der Waals surface area (Å²) in [5.41, 5.74) is -0.419. The average molecular weight is 221 g/mol. The van der Waals surface area contributed by atoms with E-state index in [4.69, 9.17) is 0 Å². The maximum atomic E-state index is 11.4. The van der Waals surface area contributed by atoms with Crippen LogP contribution in [-0.2, 0) is 0 Å². The third-order valence-electron chi connectivity index (χ3n) is 2.38. The molecule has 16 heavy (non-hydrogen) atoms. The van der Waals surface area contributed by atoms with Gasteiger partial charge in [0, 0.05) is 0 Å². The molecule has 2 rings (SSSR count). The molecule has 3 N–H and O–H groups in total. The van der Waals surface area contributed by atoms with Gasteiger partial charge in [-0.05, 0) is 5.56 Å². The number of aromatic amines is 2. The minimum atomic E-state index is -0.663. The minimum absolute atomic E-state index is 0.315. The lowest BCUT2D eigenvalue weighted by Crippen LogP contribution is -2.33. The van der Waals surface area contributed by atoms with Gasteiger partial charge in [0.25, 0.3) is 0 Å². The Morgan fingerprint density at radius 3 is 2.19 bits per heavy atom. The van der Waals surface area contributed by atoms with Crippen molar-refractivity contribution in [3.63, 3.8) is 0 Å². The van der Waals surface area contributed by atoms with Gasteiger partial charge in [0.1, 0.15) is 0 Å². The molecule has 1 aromatic carbocycles. The Hall–Kier alpha value is -2.08. The number of rotatable bonds is 3. The first-order chi connectivity index (χ1) is 7.74. The van der Waals surface area contributed by atoms with Crippen LogP contribution in [0.3, 0.4) is 0 Å². The van der Waals surface area contributed by atoms with Gasteiger partial charge in [0.2, 0.25) is 0 Å². The molecule has 0 unspecified atom stereocenters. The molecule has 0 saturated heterocycles. The number of benzene rings is 1. The largest absolute Gasteiger partial charge is 0.394 e. The van der Waals surface area contributed by atoms with Gasteiger partial charge < -0.3 is 5.11 Å². The number of aliphatic hydroxyl groups excluding tert-OH is 1. The van der Waals surface area contributed by atoms with Crippen LogP contribution in [0.5, 0.6) is 0 Å². The van der Waals surface area contributed by atoms with E-state index >= 15 is 0 Å². The summed E-state index contributed by atoms with van der Waals surface area (Å²) < 4.78 is 0.954. The van der Waals surface area contributed by atoms with E-state index in [1.807, 2.05) is 6.07 Å². The molecule has 84 valence electrons. The van der Waals surface area contributed by atoms with E-state index in [1.165, 1.54) is 0 Å². The first-order valence-electron chi connectivity index (χ1n) is 4.79. The van der Waals surface area contributed by atoms with Crippen LogP contribution in [-0.4, -0.2) is 26.5 Å². The van der Waals surface area contributed by atoms with Crippen molar-refractivity contribution in [2.24, 2.45) is 0 Å². The molecule has 0 saturated carbocycles. The second kappa shape index (κ2) is 4.19. The number of hydrogen-bond acceptors (Lipinski definition) is 3. The molecule has 0 aliphatic rings. The topological polar surface area (TPSA) is 90.9 Å². The highest BCUT2D eigenvalue weighted by Gasteiger charge is 2.17. The lowest BCUT2D eigenvalue weighted by atomic mass is 10.1. The molecule has 0 fully saturated rings. The van der Waals surface area contributed by atoms with E-state index in [-0.39, 0.29) is 6.61 Å². The van der Waals surface area contributed by atoms with E-state index < -0.39 is 17.4 Å². The van der Waals surface area contributed by atoms with Crippen molar-refractivity contribution in [1.29, 1.82) is 0 Å². The number of aliphatic hydroxyl groups is 1. The first-order valence-corrected chi connectivity index (χ1v) is 4.79. The summed E-state index contributed by atoms with van der Waals surface area (Å²) in [6.45, 7) is -0.315. The number of hydrogen-bond donors (Lipinski definition) is 3. The molecule has 1 aromatic heterocycles. The summed E-state index contributed by atoms with van der Waals surface area (Å²) in [5.74, 6) is 0. The maximum Gasteiger partial charge on any atom is 0.344 e. The SMILES string of the molecule is O=c1[nH][nH]c(=O)n1[C@H](CO)c1ccccc1. The Bertz CT molecular complexity index is 539. The number of H-pyrrole nitrogens is 2. The fourth-order valence-electron chi connectivity index (χ4n) is 1.61. The molecule has 0 bridgehead atoms.